The highest BCUT2D eigenvalue weighted by molar-refractivity contribution is 5.83. The van der Waals surface area contributed by atoms with Gasteiger partial charge in [0.25, 0.3) is 0 Å². The van der Waals surface area contributed by atoms with Gasteiger partial charge in [-0.05, 0) is 13.3 Å². The number of aryl methyl sites for hydroxylation is 1. The van der Waals surface area contributed by atoms with Crippen molar-refractivity contribution in [2.24, 2.45) is 0 Å². The van der Waals surface area contributed by atoms with Crippen LogP contribution in [-0.4, -0.2) is 54.9 Å². The fraction of sp³-hybridized carbons (Fsp3) is 0.750. The molecule has 1 fully saturated rings. The second-order valence-corrected chi connectivity index (χ2v) is 8.14. The minimum absolute atomic E-state index is 0.288. The second kappa shape index (κ2) is 6.04. The Morgan fingerprint density at radius 1 is 1.19 bits per heavy atom. The molecule has 0 aliphatic carbocycles. The van der Waals surface area contributed by atoms with Crippen molar-refractivity contribution in [3.8, 4) is 0 Å². The zero-order valence-corrected chi connectivity index (χ0v) is 15.3. The molecule has 1 saturated heterocycles. The molecule has 1 unspecified atom stereocenters. The topological polar surface area (TPSA) is 80.0 Å². The highest BCUT2D eigenvalue weighted by Gasteiger charge is 2.35. The number of nitrogens with zero attached hydrogens (tertiary/aromatic N) is 6. The van der Waals surface area contributed by atoms with Crippen molar-refractivity contribution in [1.82, 2.24) is 25.0 Å². The van der Waals surface area contributed by atoms with Crippen molar-refractivity contribution in [3.63, 3.8) is 0 Å². The molecule has 0 radical (unpaired) electrons. The van der Waals surface area contributed by atoms with Gasteiger partial charge in [-0.2, -0.15) is 13.2 Å². The summed E-state index contributed by atoms with van der Waals surface area (Å²) in [4.78, 5) is 10.9. The van der Waals surface area contributed by atoms with Gasteiger partial charge < -0.3 is 10.0 Å². The molecule has 2 aromatic rings. The van der Waals surface area contributed by atoms with Crippen LogP contribution in [0, 0.1) is 0 Å². The molecule has 7 nitrogen and oxygen atoms in total. The lowest BCUT2D eigenvalue weighted by atomic mass is 9.96. The number of aromatic nitrogens is 5. The molecule has 3 rings (SSSR count). The fourth-order valence-electron chi connectivity index (χ4n) is 2.91. The number of alkyl halides is 3. The van der Waals surface area contributed by atoms with Gasteiger partial charge in [0.15, 0.2) is 17.0 Å². The Hall–Kier alpha value is -1.97. The molecule has 0 bridgehead atoms. The van der Waals surface area contributed by atoms with Gasteiger partial charge in [-0.15, -0.1) is 5.10 Å². The normalized spacial score (nSPS) is 21.8. The lowest BCUT2D eigenvalue weighted by Crippen LogP contribution is -2.31. The van der Waals surface area contributed by atoms with Crippen molar-refractivity contribution in [3.05, 3.63) is 5.82 Å². The van der Waals surface area contributed by atoms with E-state index in [1.54, 1.807) is 6.92 Å². The van der Waals surface area contributed by atoms with Crippen molar-refractivity contribution >= 4 is 17.0 Å². The van der Waals surface area contributed by atoms with E-state index in [1.807, 2.05) is 25.7 Å². The largest absolute Gasteiger partial charge is 0.390 e. The quantitative estimate of drug-likeness (QED) is 0.891. The van der Waals surface area contributed by atoms with Crippen molar-refractivity contribution in [2.45, 2.75) is 64.3 Å². The van der Waals surface area contributed by atoms with Crippen LogP contribution >= 0.6 is 0 Å². The Morgan fingerprint density at radius 2 is 1.88 bits per heavy atom. The maximum absolute atomic E-state index is 12.6. The summed E-state index contributed by atoms with van der Waals surface area (Å²) in [5.41, 5.74) is -0.593. The number of fused-ring (bicyclic) bond motifs is 1. The van der Waals surface area contributed by atoms with Gasteiger partial charge in [-0.25, -0.2) is 14.6 Å². The average Bonchev–Trinajstić information content (AvgIpc) is 3.05. The van der Waals surface area contributed by atoms with E-state index >= 15 is 0 Å². The number of anilines is 1. The molecule has 144 valence electrons. The SMILES string of the molecule is CC1(O)CCN(c2nc(C(C)(C)C)nc3c2nnn3CCC(F)(F)F)C1. The van der Waals surface area contributed by atoms with Crippen LogP contribution in [0.25, 0.3) is 11.2 Å². The monoisotopic (exact) mass is 372 g/mol. The number of aliphatic hydroxyl groups is 1. The van der Waals surface area contributed by atoms with E-state index in [-0.39, 0.29) is 12.2 Å². The minimum Gasteiger partial charge on any atom is -0.388 e. The summed E-state index contributed by atoms with van der Waals surface area (Å²) >= 11 is 0. The molecular formula is C16H23F3N6O. The van der Waals surface area contributed by atoms with Crippen LogP contribution in [0.4, 0.5) is 19.0 Å². The highest BCUT2D eigenvalue weighted by Crippen LogP contribution is 2.32. The van der Waals surface area contributed by atoms with Crippen LogP contribution in [0.15, 0.2) is 0 Å². The number of hydrogen-bond acceptors (Lipinski definition) is 6. The predicted molar refractivity (Wildman–Crippen MR) is 89.9 cm³/mol. The number of halogens is 3. The van der Waals surface area contributed by atoms with Gasteiger partial charge in [-0.1, -0.05) is 26.0 Å². The average molecular weight is 372 g/mol. The van der Waals surface area contributed by atoms with E-state index in [1.165, 1.54) is 4.68 Å². The first-order valence-electron chi connectivity index (χ1n) is 8.52. The smallest absolute Gasteiger partial charge is 0.388 e. The second-order valence-electron chi connectivity index (χ2n) is 8.14. The molecule has 1 aliphatic rings. The molecule has 1 aliphatic heterocycles. The molecule has 10 heteroatoms. The number of β-amino-alcohol motifs (C(OH)–C–C–N with tert-alkyl or cyclic N) is 1. The van der Waals surface area contributed by atoms with Crippen molar-refractivity contribution < 1.29 is 18.3 Å². The van der Waals surface area contributed by atoms with Gasteiger partial charge in [0.2, 0.25) is 0 Å². The minimum atomic E-state index is -4.28. The molecule has 1 N–H and O–H groups in total. The van der Waals surface area contributed by atoms with Crippen LogP contribution in [0.2, 0.25) is 0 Å². The van der Waals surface area contributed by atoms with Gasteiger partial charge in [-0.3, -0.25) is 0 Å². The first kappa shape index (κ1) is 18.8. The van der Waals surface area contributed by atoms with Gasteiger partial charge >= 0.3 is 6.18 Å². The van der Waals surface area contributed by atoms with Crippen molar-refractivity contribution in [1.29, 1.82) is 0 Å². The standard InChI is InChI=1S/C16H23F3N6O/c1-14(2,3)13-20-11(24-7-5-15(4,26)9-24)10-12(21-13)25(23-22-10)8-6-16(17,18)19/h26H,5-9H2,1-4H3. The first-order chi connectivity index (χ1) is 11.9. The van der Waals surface area contributed by atoms with Gasteiger partial charge in [0, 0.05) is 18.5 Å². The Kier molecular flexibility index (Phi) is 4.37. The van der Waals surface area contributed by atoms with Crippen LogP contribution in [0.1, 0.15) is 46.4 Å². The summed E-state index contributed by atoms with van der Waals surface area (Å²) in [6, 6.07) is 0. The number of rotatable bonds is 3. The highest BCUT2D eigenvalue weighted by atomic mass is 19.4. The Balaban J connectivity index is 2.07. The molecule has 2 aromatic heterocycles. The maximum Gasteiger partial charge on any atom is 0.390 e. The Labute approximate surface area is 149 Å². The number of hydrogen-bond donors (Lipinski definition) is 1. The summed E-state index contributed by atoms with van der Waals surface area (Å²) in [7, 11) is 0. The van der Waals surface area contributed by atoms with Crippen LogP contribution in [-0.2, 0) is 12.0 Å². The van der Waals surface area contributed by atoms with E-state index in [4.69, 9.17) is 0 Å². The van der Waals surface area contributed by atoms with E-state index in [0.717, 1.165) is 0 Å². The lowest BCUT2D eigenvalue weighted by Gasteiger charge is -2.23. The summed E-state index contributed by atoms with van der Waals surface area (Å²) in [5.74, 6) is 1.01. The van der Waals surface area contributed by atoms with Crippen LogP contribution in [0.3, 0.4) is 0 Å². The molecule has 0 saturated carbocycles. The molecule has 0 aromatic carbocycles. The summed E-state index contributed by atoms with van der Waals surface area (Å²) in [6.07, 6.45) is -4.71. The zero-order chi connectivity index (χ0) is 19.3. The third-order valence-corrected chi connectivity index (χ3v) is 4.37. The van der Waals surface area contributed by atoms with E-state index in [2.05, 4.69) is 20.3 Å². The third kappa shape index (κ3) is 3.89. The zero-order valence-electron chi connectivity index (χ0n) is 15.3. The summed E-state index contributed by atoms with van der Waals surface area (Å²) in [6.45, 7) is 8.15. The van der Waals surface area contributed by atoms with E-state index in [9.17, 15) is 18.3 Å². The fourth-order valence-corrected chi connectivity index (χ4v) is 2.91. The lowest BCUT2D eigenvalue weighted by molar-refractivity contribution is -0.137. The predicted octanol–water partition coefficient (Wildman–Crippen LogP) is 2.43. The van der Waals surface area contributed by atoms with Gasteiger partial charge in [0.1, 0.15) is 5.82 Å². The van der Waals surface area contributed by atoms with E-state index in [0.29, 0.717) is 36.7 Å². The molecule has 0 spiro atoms. The molecule has 1 atom stereocenters. The maximum atomic E-state index is 12.6. The summed E-state index contributed by atoms with van der Waals surface area (Å²) < 4.78 is 39.0. The Morgan fingerprint density at radius 3 is 2.42 bits per heavy atom. The third-order valence-electron chi connectivity index (χ3n) is 4.37. The molecule has 0 amide bonds. The Bertz CT molecular complexity index is 809. The van der Waals surface area contributed by atoms with Gasteiger partial charge in [0.05, 0.1) is 18.6 Å². The van der Waals surface area contributed by atoms with Crippen LogP contribution in [0.5, 0.6) is 0 Å². The van der Waals surface area contributed by atoms with Crippen molar-refractivity contribution in [2.75, 3.05) is 18.0 Å². The van der Waals surface area contributed by atoms with Crippen LogP contribution < -0.4 is 4.90 Å². The molecule has 3 heterocycles. The molecular weight excluding hydrogens is 349 g/mol. The first-order valence-corrected chi connectivity index (χ1v) is 8.52. The summed E-state index contributed by atoms with van der Waals surface area (Å²) in [5, 5.41) is 18.2. The van der Waals surface area contributed by atoms with E-state index < -0.39 is 23.6 Å². The molecule has 26 heavy (non-hydrogen) atoms.